The van der Waals surface area contributed by atoms with Crippen LogP contribution in [0, 0.1) is 0 Å². The summed E-state index contributed by atoms with van der Waals surface area (Å²) in [4.78, 5) is 0. The van der Waals surface area contributed by atoms with Crippen LogP contribution in [0.4, 0.5) is 0 Å². The highest BCUT2D eigenvalue weighted by atomic mass is 32.2. The lowest BCUT2D eigenvalue weighted by Crippen LogP contribution is -2.54. The highest BCUT2D eigenvalue weighted by Crippen LogP contribution is 2.10. The Bertz CT molecular complexity index is 321. The van der Waals surface area contributed by atoms with Crippen LogP contribution in [0.15, 0.2) is 0 Å². The number of nitrogens with one attached hydrogen (secondary N) is 2. The molecule has 17 heavy (non-hydrogen) atoms. The Labute approximate surface area is 104 Å². The summed E-state index contributed by atoms with van der Waals surface area (Å²) in [7, 11) is -0.287. The maximum atomic E-state index is 12.0. The Hall–Kier alpha value is -0.210. The van der Waals surface area contributed by atoms with E-state index in [2.05, 4.69) is 10.0 Å². The molecule has 1 aliphatic heterocycles. The lowest BCUT2D eigenvalue weighted by molar-refractivity contribution is 0.184. The van der Waals surface area contributed by atoms with Gasteiger partial charge in [-0.15, -0.1) is 0 Å². The molecule has 7 heteroatoms. The Morgan fingerprint density at radius 2 is 2.24 bits per heavy atom. The molecule has 0 aliphatic carbocycles. The van der Waals surface area contributed by atoms with Gasteiger partial charge in [0.15, 0.2) is 0 Å². The summed E-state index contributed by atoms with van der Waals surface area (Å²) in [5.41, 5.74) is 0. The fraction of sp³-hybridized carbons (Fsp3) is 1.00. The van der Waals surface area contributed by atoms with E-state index in [1.54, 1.807) is 14.2 Å². The van der Waals surface area contributed by atoms with E-state index in [-0.39, 0.29) is 12.1 Å². The molecule has 1 rings (SSSR count). The molecule has 0 aromatic heterocycles. The maximum absolute atomic E-state index is 12.0. The van der Waals surface area contributed by atoms with Crippen LogP contribution in [0.2, 0.25) is 0 Å². The zero-order valence-corrected chi connectivity index (χ0v) is 11.6. The molecule has 0 aromatic rings. The van der Waals surface area contributed by atoms with Crippen molar-refractivity contribution in [2.75, 3.05) is 33.9 Å². The van der Waals surface area contributed by atoms with Gasteiger partial charge in [0.05, 0.1) is 6.61 Å². The first-order valence-electron chi connectivity index (χ1n) is 5.93. The topological polar surface area (TPSA) is 70.7 Å². The summed E-state index contributed by atoms with van der Waals surface area (Å²) >= 11 is 0. The molecule has 2 atom stereocenters. The van der Waals surface area contributed by atoms with E-state index < -0.39 is 10.2 Å². The zero-order chi connectivity index (χ0) is 12.9. The van der Waals surface area contributed by atoms with Gasteiger partial charge in [0.2, 0.25) is 0 Å². The van der Waals surface area contributed by atoms with Crippen LogP contribution in [0.25, 0.3) is 0 Å². The first kappa shape index (κ1) is 14.8. The van der Waals surface area contributed by atoms with E-state index in [1.807, 2.05) is 6.92 Å². The second kappa shape index (κ2) is 6.65. The Balaban J connectivity index is 2.52. The average molecular weight is 265 g/mol. The lowest BCUT2D eigenvalue weighted by atomic mass is 10.0. The summed E-state index contributed by atoms with van der Waals surface area (Å²) in [6, 6.07) is 0.146. The largest absolute Gasteiger partial charge is 0.383 e. The predicted molar refractivity (Wildman–Crippen MR) is 67.0 cm³/mol. The molecule has 0 saturated carbocycles. The van der Waals surface area contributed by atoms with Crippen LogP contribution in [-0.2, 0) is 14.9 Å². The van der Waals surface area contributed by atoms with Gasteiger partial charge in [-0.25, -0.2) is 0 Å². The van der Waals surface area contributed by atoms with E-state index in [0.29, 0.717) is 13.2 Å². The lowest BCUT2D eigenvalue weighted by Gasteiger charge is -2.31. The van der Waals surface area contributed by atoms with E-state index in [4.69, 9.17) is 4.74 Å². The van der Waals surface area contributed by atoms with Crippen molar-refractivity contribution in [1.29, 1.82) is 0 Å². The molecule has 0 spiro atoms. The van der Waals surface area contributed by atoms with E-state index in [9.17, 15) is 8.42 Å². The molecule has 2 unspecified atom stereocenters. The van der Waals surface area contributed by atoms with E-state index in [0.717, 1.165) is 19.4 Å². The third kappa shape index (κ3) is 4.51. The molecule has 0 aromatic carbocycles. The molecular formula is C10H23N3O3S. The van der Waals surface area contributed by atoms with Gasteiger partial charge in [0.1, 0.15) is 0 Å². The summed E-state index contributed by atoms with van der Waals surface area (Å²) < 4.78 is 32.9. The van der Waals surface area contributed by atoms with Crippen LogP contribution in [0.1, 0.15) is 19.8 Å². The highest BCUT2D eigenvalue weighted by molar-refractivity contribution is 7.87. The Morgan fingerprint density at radius 1 is 1.53 bits per heavy atom. The van der Waals surface area contributed by atoms with Crippen LogP contribution in [-0.4, -0.2) is 58.7 Å². The molecule has 0 amide bonds. The SMILES string of the molecule is COCCN(C)S(=O)(=O)NC1CCCNC1C. The fourth-order valence-corrected chi connectivity index (χ4v) is 3.03. The minimum atomic E-state index is -3.40. The fourth-order valence-electron chi connectivity index (χ4n) is 1.83. The standard InChI is InChI=1S/C10H23N3O3S/c1-9-10(5-4-6-11-9)12-17(14,15)13(2)7-8-16-3/h9-12H,4-8H2,1-3H3. The minimum Gasteiger partial charge on any atom is -0.383 e. The van der Waals surface area contributed by atoms with Crippen molar-refractivity contribution in [1.82, 2.24) is 14.3 Å². The molecule has 1 saturated heterocycles. The van der Waals surface area contributed by atoms with Crippen molar-refractivity contribution in [3.05, 3.63) is 0 Å². The van der Waals surface area contributed by atoms with Crippen molar-refractivity contribution < 1.29 is 13.2 Å². The molecule has 1 heterocycles. The zero-order valence-electron chi connectivity index (χ0n) is 10.8. The summed E-state index contributed by atoms with van der Waals surface area (Å²) in [6.45, 7) is 3.72. The van der Waals surface area contributed by atoms with Crippen molar-refractivity contribution in [3.8, 4) is 0 Å². The third-order valence-corrected chi connectivity index (χ3v) is 4.69. The van der Waals surface area contributed by atoms with Gasteiger partial charge in [0, 0.05) is 32.8 Å². The second-order valence-corrected chi connectivity index (χ2v) is 6.24. The molecule has 1 fully saturated rings. The molecule has 0 radical (unpaired) electrons. The van der Waals surface area contributed by atoms with Crippen molar-refractivity contribution in [2.45, 2.75) is 31.8 Å². The molecular weight excluding hydrogens is 242 g/mol. The van der Waals surface area contributed by atoms with Gasteiger partial charge in [0.25, 0.3) is 10.2 Å². The Kier molecular flexibility index (Phi) is 5.81. The summed E-state index contributed by atoms with van der Waals surface area (Å²) in [5, 5.41) is 3.27. The van der Waals surface area contributed by atoms with Gasteiger partial charge < -0.3 is 10.1 Å². The maximum Gasteiger partial charge on any atom is 0.279 e. The van der Waals surface area contributed by atoms with Gasteiger partial charge in [-0.05, 0) is 26.3 Å². The van der Waals surface area contributed by atoms with Crippen molar-refractivity contribution in [2.24, 2.45) is 0 Å². The number of ether oxygens (including phenoxy) is 1. The van der Waals surface area contributed by atoms with Crippen molar-refractivity contribution >= 4 is 10.2 Å². The number of nitrogens with zero attached hydrogens (tertiary/aromatic N) is 1. The third-order valence-electron chi connectivity index (χ3n) is 3.08. The number of hydrogen-bond acceptors (Lipinski definition) is 4. The monoisotopic (exact) mass is 265 g/mol. The molecule has 102 valence electrons. The predicted octanol–water partition coefficient (Wildman–Crippen LogP) is -0.460. The van der Waals surface area contributed by atoms with Gasteiger partial charge in [-0.2, -0.15) is 17.4 Å². The summed E-state index contributed by atoms with van der Waals surface area (Å²) in [5.74, 6) is 0. The first-order chi connectivity index (χ1) is 7.97. The van der Waals surface area contributed by atoms with Gasteiger partial charge in [-0.3, -0.25) is 0 Å². The molecule has 2 N–H and O–H groups in total. The van der Waals surface area contributed by atoms with Crippen LogP contribution >= 0.6 is 0 Å². The van der Waals surface area contributed by atoms with Gasteiger partial charge in [-0.1, -0.05) is 0 Å². The normalized spacial score (nSPS) is 26.4. The molecule has 1 aliphatic rings. The number of likely N-dealkylation sites (N-methyl/N-ethyl adjacent to an activating group) is 1. The van der Waals surface area contributed by atoms with Crippen molar-refractivity contribution in [3.63, 3.8) is 0 Å². The number of piperidine rings is 1. The van der Waals surface area contributed by atoms with E-state index >= 15 is 0 Å². The first-order valence-corrected chi connectivity index (χ1v) is 7.37. The quantitative estimate of drug-likeness (QED) is 0.682. The van der Waals surface area contributed by atoms with Crippen LogP contribution in [0.5, 0.6) is 0 Å². The minimum absolute atomic E-state index is 0.0289. The van der Waals surface area contributed by atoms with Crippen LogP contribution in [0.3, 0.4) is 0 Å². The van der Waals surface area contributed by atoms with Gasteiger partial charge >= 0.3 is 0 Å². The average Bonchev–Trinajstić information content (AvgIpc) is 2.28. The van der Waals surface area contributed by atoms with E-state index in [1.165, 1.54) is 4.31 Å². The number of methoxy groups -OCH3 is 1. The number of rotatable bonds is 6. The number of hydrogen-bond donors (Lipinski definition) is 2. The molecule has 0 bridgehead atoms. The molecule has 6 nitrogen and oxygen atoms in total. The summed E-state index contributed by atoms with van der Waals surface area (Å²) in [6.07, 6.45) is 1.88. The Morgan fingerprint density at radius 3 is 2.82 bits per heavy atom. The highest BCUT2D eigenvalue weighted by Gasteiger charge is 2.27. The van der Waals surface area contributed by atoms with Crippen LogP contribution < -0.4 is 10.0 Å². The smallest absolute Gasteiger partial charge is 0.279 e. The second-order valence-electron chi connectivity index (χ2n) is 4.43.